The molecular formula is C13H23N3S. The third-order valence-corrected chi connectivity index (χ3v) is 4.99. The van der Waals surface area contributed by atoms with Gasteiger partial charge < -0.3 is 10.6 Å². The van der Waals surface area contributed by atoms with Gasteiger partial charge in [-0.25, -0.2) is 4.98 Å². The van der Waals surface area contributed by atoms with Crippen LogP contribution < -0.4 is 5.73 Å². The Hall–Kier alpha value is -0.450. The number of thiazole rings is 1. The second-order valence-electron chi connectivity index (χ2n) is 5.13. The van der Waals surface area contributed by atoms with Crippen LogP contribution in [0.3, 0.4) is 0 Å². The lowest BCUT2D eigenvalue weighted by atomic mass is 10.0. The standard InChI is InChI=1S/C13H23N3S/c1-10(8-14)12-9-15-13(17-12)7-11-5-3-4-6-16(11)2/h9-11H,3-8,14H2,1-2H3. The number of piperidine rings is 1. The fourth-order valence-corrected chi connectivity index (χ4v) is 3.42. The van der Waals surface area contributed by atoms with Gasteiger partial charge in [0.05, 0.1) is 5.01 Å². The molecule has 0 aromatic carbocycles. The summed E-state index contributed by atoms with van der Waals surface area (Å²) in [4.78, 5) is 8.37. The maximum Gasteiger partial charge on any atom is 0.0943 e. The van der Waals surface area contributed by atoms with E-state index in [1.807, 2.05) is 17.5 Å². The molecule has 2 unspecified atom stereocenters. The summed E-state index contributed by atoms with van der Waals surface area (Å²) in [5, 5.41) is 1.28. The topological polar surface area (TPSA) is 42.1 Å². The van der Waals surface area contributed by atoms with Gasteiger partial charge in [0.1, 0.15) is 0 Å². The van der Waals surface area contributed by atoms with E-state index in [0.29, 0.717) is 18.5 Å². The summed E-state index contributed by atoms with van der Waals surface area (Å²) in [7, 11) is 2.24. The van der Waals surface area contributed by atoms with E-state index in [-0.39, 0.29) is 0 Å². The average molecular weight is 253 g/mol. The number of nitrogens with two attached hydrogens (primary N) is 1. The van der Waals surface area contributed by atoms with E-state index in [1.165, 1.54) is 35.7 Å². The number of hydrogen-bond donors (Lipinski definition) is 1. The summed E-state index contributed by atoms with van der Waals surface area (Å²) in [6, 6.07) is 0.691. The predicted molar refractivity (Wildman–Crippen MR) is 73.6 cm³/mol. The molecule has 1 aliphatic rings. The highest BCUT2D eigenvalue weighted by atomic mass is 32.1. The maximum absolute atomic E-state index is 5.69. The van der Waals surface area contributed by atoms with Crippen LogP contribution in [0.4, 0.5) is 0 Å². The normalized spacial score (nSPS) is 23.8. The van der Waals surface area contributed by atoms with E-state index in [0.717, 1.165) is 6.42 Å². The average Bonchev–Trinajstić information content (AvgIpc) is 2.80. The minimum atomic E-state index is 0.449. The molecule has 2 rings (SSSR count). The van der Waals surface area contributed by atoms with E-state index in [9.17, 15) is 0 Å². The Labute approximate surface area is 108 Å². The first-order valence-corrected chi connectivity index (χ1v) is 7.37. The van der Waals surface area contributed by atoms with Crippen LogP contribution in [-0.2, 0) is 6.42 Å². The summed E-state index contributed by atoms with van der Waals surface area (Å²) in [5.74, 6) is 0.449. The van der Waals surface area contributed by atoms with Gasteiger partial charge in [0.2, 0.25) is 0 Å². The number of rotatable bonds is 4. The molecule has 96 valence electrons. The van der Waals surface area contributed by atoms with Crippen molar-refractivity contribution in [3.8, 4) is 0 Å². The molecule has 0 radical (unpaired) electrons. The summed E-state index contributed by atoms with van der Waals surface area (Å²) in [5.41, 5.74) is 5.69. The molecule has 1 aromatic heterocycles. The van der Waals surface area contributed by atoms with Crippen LogP contribution in [0.2, 0.25) is 0 Å². The lowest BCUT2D eigenvalue weighted by Crippen LogP contribution is -2.37. The van der Waals surface area contributed by atoms with Crippen LogP contribution in [0.15, 0.2) is 6.20 Å². The summed E-state index contributed by atoms with van der Waals surface area (Å²) in [6.07, 6.45) is 7.16. The van der Waals surface area contributed by atoms with Crippen molar-refractivity contribution in [2.45, 2.75) is 44.6 Å². The maximum atomic E-state index is 5.69. The molecule has 3 nitrogen and oxygen atoms in total. The monoisotopic (exact) mass is 253 g/mol. The Morgan fingerprint density at radius 2 is 2.41 bits per heavy atom. The minimum Gasteiger partial charge on any atom is -0.330 e. The number of nitrogens with zero attached hydrogens (tertiary/aromatic N) is 2. The lowest BCUT2D eigenvalue weighted by Gasteiger charge is -2.31. The third-order valence-electron chi connectivity index (χ3n) is 3.74. The summed E-state index contributed by atoms with van der Waals surface area (Å²) < 4.78 is 0. The van der Waals surface area contributed by atoms with Crippen molar-refractivity contribution < 1.29 is 0 Å². The zero-order chi connectivity index (χ0) is 12.3. The van der Waals surface area contributed by atoms with Crippen molar-refractivity contribution in [3.05, 3.63) is 16.1 Å². The predicted octanol–water partition coefficient (Wildman–Crippen LogP) is 2.23. The summed E-state index contributed by atoms with van der Waals surface area (Å²) in [6.45, 7) is 4.12. The number of likely N-dealkylation sites (N-methyl/N-ethyl adjacent to an activating group) is 1. The van der Waals surface area contributed by atoms with Crippen molar-refractivity contribution in [2.24, 2.45) is 5.73 Å². The summed E-state index contributed by atoms with van der Waals surface area (Å²) >= 11 is 1.84. The molecule has 2 atom stereocenters. The molecule has 2 N–H and O–H groups in total. The Kier molecular flexibility index (Phi) is 4.54. The first kappa shape index (κ1) is 13.0. The second kappa shape index (κ2) is 5.94. The fourth-order valence-electron chi connectivity index (χ4n) is 2.37. The van der Waals surface area contributed by atoms with Crippen molar-refractivity contribution in [1.29, 1.82) is 0 Å². The molecular weight excluding hydrogens is 230 g/mol. The Bertz CT molecular complexity index is 350. The van der Waals surface area contributed by atoms with Crippen molar-refractivity contribution in [1.82, 2.24) is 9.88 Å². The molecule has 0 spiro atoms. The van der Waals surface area contributed by atoms with Crippen molar-refractivity contribution in [3.63, 3.8) is 0 Å². The molecule has 0 saturated carbocycles. The molecule has 0 amide bonds. The van der Waals surface area contributed by atoms with Crippen LogP contribution in [-0.4, -0.2) is 36.1 Å². The number of hydrogen-bond acceptors (Lipinski definition) is 4. The van der Waals surface area contributed by atoms with E-state index < -0.39 is 0 Å². The van der Waals surface area contributed by atoms with Crippen molar-refractivity contribution >= 4 is 11.3 Å². The van der Waals surface area contributed by atoms with Crippen LogP contribution in [0.5, 0.6) is 0 Å². The number of aromatic nitrogens is 1. The Balaban J connectivity index is 1.96. The van der Waals surface area contributed by atoms with Gasteiger partial charge >= 0.3 is 0 Å². The fraction of sp³-hybridized carbons (Fsp3) is 0.769. The van der Waals surface area contributed by atoms with Gasteiger partial charge in [-0.15, -0.1) is 11.3 Å². The van der Waals surface area contributed by atoms with Gasteiger partial charge in [0, 0.05) is 29.5 Å². The Morgan fingerprint density at radius 1 is 1.59 bits per heavy atom. The van der Waals surface area contributed by atoms with Crippen LogP contribution in [0.25, 0.3) is 0 Å². The SMILES string of the molecule is CC(CN)c1cnc(CC2CCCCN2C)s1. The van der Waals surface area contributed by atoms with E-state index in [1.54, 1.807) is 0 Å². The Morgan fingerprint density at radius 3 is 3.12 bits per heavy atom. The van der Waals surface area contributed by atoms with Gasteiger partial charge in [-0.2, -0.15) is 0 Å². The minimum absolute atomic E-state index is 0.449. The van der Waals surface area contributed by atoms with E-state index in [2.05, 4.69) is 23.9 Å². The largest absolute Gasteiger partial charge is 0.330 e. The quantitative estimate of drug-likeness (QED) is 0.895. The van der Waals surface area contributed by atoms with Gasteiger partial charge in [0.15, 0.2) is 0 Å². The third kappa shape index (κ3) is 3.27. The highest BCUT2D eigenvalue weighted by Gasteiger charge is 2.20. The van der Waals surface area contributed by atoms with Gasteiger partial charge in [-0.05, 0) is 33.0 Å². The molecule has 1 saturated heterocycles. The van der Waals surface area contributed by atoms with Gasteiger partial charge in [0.25, 0.3) is 0 Å². The molecule has 1 aromatic rings. The zero-order valence-electron chi connectivity index (χ0n) is 10.9. The van der Waals surface area contributed by atoms with E-state index in [4.69, 9.17) is 5.73 Å². The first-order valence-electron chi connectivity index (χ1n) is 6.55. The molecule has 4 heteroatoms. The van der Waals surface area contributed by atoms with Crippen LogP contribution >= 0.6 is 11.3 Å². The first-order chi connectivity index (χ1) is 8.20. The molecule has 1 aliphatic heterocycles. The molecule has 1 fully saturated rings. The van der Waals surface area contributed by atoms with Crippen LogP contribution in [0, 0.1) is 0 Å². The van der Waals surface area contributed by atoms with Gasteiger partial charge in [-0.1, -0.05) is 13.3 Å². The smallest absolute Gasteiger partial charge is 0.0943 e. The highest BCUT2D eigenvalue weighted by Crippen LogP contribution is 2.25. The molecule has 2 heterocycles. The molecule has 0 bridgehead atoms. The van der Waals surface area contributed by atoms with Crippen LogP contribution in [0.1, 0.15) is 42.0 Å². The molecule has 17 heavy (non-hydrogen) atoms. The van der Waals surface area contributed by atoms with E-state index >= 15 is 0 Å². The highest BCUT2D eigenvalue weighted by molar-refractivity contribution is 7.11. The zero-order valence-corrected chi connectivity index (χ0v) is 11.7. The second-order valence-corrected chi connectivity index (χ2v) is 6.27. The lowest BCUT2D eigenvalue weighted by molar-refractivity contribution is 0.184. The van der Waals surface area contributed by atoms with Gasteiger partial charge in [-0.3, -0.25) is 0 Å². The molecule has 0 aliphatic carbocycles. The van der Waals surface area contributed by atoms with Crippen molar-refractivity contribution in [2.75, 3.05) is 20.1 Å². The number of likely N-dealkylation sites (tertiary alicyclic amines) is 1.